The number of carbonyl (C=O) groups is 1. The fraction of sp³-hybridized carbons (Fsp3) is 0.250. The quantitative estimate of drug-likeness (QED) is 0.518. The van der Waals surface area contributed by atoms with Crippen molar-refractivity contribution in [2.75, 3.05) is 12.4 Å². The number of aryl methyl sites for hydroxylation is 1. The number of fused-ring (bicyclic) bond motifs is 1. The second-order valence-electron chi connectivity index (χ2n) is 5.70. The van der Waals surface area contributed by atoms with Crippen LogP contribution in [-0.2, 0) is 11.3 Å². The molecule has 0 saturated carbocycles. The molecule has 3 rings (SSSR count). The number of hydrogen-bond acceptors (Lipinski definition) is 4. The lowest BCUT2D eigenvalue weighted by molar-refractivity contribution is 0.0527. The molecule has 0 radical (unpaired) electrons. The number of nitrogens with zero attached hydrogens (tertiary/aromatic N) is 1. The van der Waals surface area contributed by atoms with Crippen molar-refractivity contribution >= 4 is 28.6 Å². The van der Waals surface area contributed by atoms with Gasteiger partial charge in [-0.05, 0) is 44.2 Å². The van der Waals surface area contributed by atoms with Crippen LogP contribution in [-0.4, -0.2) is 28.0 Å². The first-order valence-electron chi connectivity index (χ1n) is 8.28. The van der Waals surface area contributed by atoms with E-state index in [4.69, 9.17) is 4.74 Å². The minimum Gasteiger partial charge on any atom is -0.508 e. The zero-order valence-corrected chi connectivity index (χ0v) is 15.2. The SMILES string of the molecule is CCOC(=O)c1c(C)n(CCSc2ccccc2)c2ccc(O)cc12. The first kappa shape index (κ1) is 17.4. The van der Waals surface area contributed by atoms with Crippen molar-refractivity contribution in [3.8, 4) is 5.75 Å². The summed E-state index contributed by atoms with van der Waals surface area (Å²) in [5.74, 6) is 0.691. The van der Waals surface area contributed by atoms with Gasteiger partial charge >= 0.3 is 5.97 Å². The summed E-state index contributed by atoms with van der Waals surface area (Å²) >= 11 is 1.78. The van der Waals surface area contributed by atoms with Crippen LogP contribution in [0.4, 0.5) is 0 Å². The number of esters is 1. The number of thioether (sulfide) groups is 1. The zero-order valence-electron chi connectivity index (χ0n) is 14.4. The standard InChI is InChI=1S/C20H21NO3S/c1-3-24-20(23)19-14(2)21(18-10-9-15(22)13-17(18)19)11-12-25-16-7-5-4-6-8-16/h4-10,13,22H,3,11-12H2,1-2H3. The molecular formula is C20H21NO3S. The number of ether oxygens (including phenoxy) is 1. The van der Waals surface area contributed by atoms with E-state index in [9.17, 15) is 9.90 Å². The third kappa shape index (κ3) is 3.66. The van der Waals surface area contributed by atoms with Gasteiger partial charge < -0.3 is 14.4 Å². The minimum atomic E-state index is -0.343. The van der Waals surface area contributed by atoms with Crippen molar-refractivity contribution in [2.24, 2.45) is 0 Å². The molecule has 0 saturated heterocycles. The lowest BCUT2D eigenvalue weighted by atomic mass is 10.1. The van der Waals surface area contributed by atoms with Crippen molar-refractivity contribution in [3.63, 3.8) is 0 Å². The average molecular weight is 355 g/mol. The second kappa shape index (κ2) is 7.66. The molecule has 130 valence electrons. The van der Waals surface area contributed by atoms with Crippen molar-refractivity contribution in [3.05, 3.63) is 59.8 Å². The molecule has 5 heteroatoms. The van der Waals surface area contributed by atoms with Gasteiger partial charge in [0.2, 0.25) is 0 Å². The van der Waals surface area contributed by atoms with Gasteiger partial charge in [-0.25, -0.2) is 4.79 Å². The van der Waals surface area contributed by atoms with Crippen molar-refractivity contribution in [2.45, 2.75) is 25.3 Å². The highest BCUT2D eigenvalue weighted by Gasteiger charge is 2.21. The first-order chi connectivity index (χ1) is 12.1. The molecule has 1 aromatic heterocycles. The Labute approximate surface area is 151 Å². The van der Waals surface area contributed by atoms with Crippen LogP contribution in [0.1, 0.15) is 23.0 Å². The largest absolute Gasteiger partial charge is 0.508 e. The molecule has 0 spiro atoms. The van der Waals surface area contributed by atoms with Crippen LogP contribution in [0, 0.1) is 6.92 Å². The van der Waals surface area contributed by atoms with E-state index in [1.165, 1.54) is 4.90 Å². The van der Waals surface area contributed by atoms with E-state index in [1.54, 1.807) is 30.8 Å². The Balaban J connectivity index is 1.91. The van der Waals surface area contributed by atoms with Gasteiger partial charge in [0, 0.05) is 33.8 Å². The van der Waals surface area contributed by atoms with E-state index in [0.29, 0.717) is 12.2 Å². The summed E-state index contributed by atoms with van der Waals surface area (Å²) in [5.41, 5.74) is 2.34. The summed E-state index contributed by atoms with van der Waals surface area (Å²) in [6.45, 7) is 4.82. The Hall–Kier alpha value is -2.40. The van der Waals surface area contributed by atoms with Gasteiger partial charge in [0.25, 0.3) is 0 Å². The molecule has 1 N–H and O–H groups in total. The molecule has 0 atom stereocenters. The van der Waals surface area contributed by atoms with Crippen molar-refractivity contribution in [1.82, 2.24) is 4.57 Å². The summed E-state index contributed by atoms with van der Waals surface area (Å²) in [7, 11) is 0. The molecule has 0 aliphatic heterocycles. The number of carbonyl (C=O) groups excluding carboxylic acids is 1. The van der Waals surface area contributed by atoms with Crippen LogP contribution in [0.5, 0.6) is 5.75 Å². The molecule has 0 unspecified atom stereocenters. The number of benzene rings is 2. The second-order valence-corrected chi connectivity index (χ2v) is 6.86. The normalized spacial score (nSPS) is 11.0. The van der Waals surface area contributed by atoms with Crippen LogP contribution >= 0.6 is 11.8 Å². The topological polar surface area (TPSA) is 51.5 Å². The Morgan fingerprint density at radius 2 is 1.96 bits per heavy atom. The smallest absolute Gasteiger partial charge is 0.340 e. The highest BCUT2D eigenvalue weighted by molar-refractivity contribution is 7.99. The molecule has 0 amide bonds. The molecule has 1 heterocycles. The van der Waals surface area contributed by atoms with Crippen LogP contribution < -0.4 is 0 Å². The van der Waals surface area contributed by atoms with Gasteiger partial charge in [-0.3, -0.25) is 0 Å². The summed E-state index contributed by atoms with van der Waals surface area (Å²) in [6.07, 6.45) is 0. The summed E-state index contributed by atoms with van der Waals surface area (Å²) in [6, 6.07) is 15.4. The zero-order chi connectivity index (χ0) is 17.8. The maximum Gasteiger partial charge on any atom is 0.340 e. The van der Waals surface area contributed by atoms with Gasteiger partial charge in [-0.15, -0.1) is 11.8 Å². The molecule has 0 aliphatic carbocycles. The molecule has 25 heavy (non-hydrogen) atoms. The predicted octanol–water partition coefficient (Wildman–Crippen LogP) is 4.62. The number of aromatic hydroxyl groups is 1. The Bertz CT molecular complexity index is 887. The minimum absolute atomic E-state index is 0.147. The van der Waals surface area contributed by atoms with E-state index < -0.39 is 0 Å². The third-order valence-electron chi connectivity index (χ3n) is 4.11. The van der Waals surface area contributed by atoms with Gasteiger partial charge in [0.05, 0.1) is 12.2 Å². The van der Waals surface area contributed by atoms with Crippen LogP contribution in [0.15, 0.2) is 53.4 Å². The molecule has 4 nitrogen and oxygen atoms in total. The number of phenolic OH excluding ortho intramolecular Hbond substituents is 1. The number of hydrogen-bond donors (Lipinski definition) is 1. The predicted molar refractivity (Wildman–Crippen MR) is 101 cm³/mol. The molecule has 3 aromatic rings. The Morgan fingerprint density at radius 1 is 1.20 bits per heavy atom. The molecule has 0 fully saturated rings. The van der Waals surface area contributed by atoms with Crippen LogP contribution in [0.25, 0.3) is 10.9 Å². The molecule has 0 bridgehead atoms. The summed E-state index contributed by atoms with van der Waals surface area (Å²) < 4.78 is 7.33. The lowest BCUT2D eigenvalue weighted by Gasteiger charge is -2.09. The van der Waals surface area contributed by atoms with Crippen LogP contribution in [0.2, 0.25) is 0 Å². The fourth-order valence-corrected chi connectivity index (χ4v) is 3.85. The van der Waals surface area contributed by atoms with E-state index in [0.717, 1.165) is 28.9 Å². The summed E-state index contributed by atoms with van der Waals surface area (Å²) in [5, 5.41) is 10.6. The highest BCUT2D eigenvalue weighted by Crippen LogP contribution is 2.30. The Morgan fingerprint density at radius 3 is 2.68 bits per heavy atom. The van der Waals surface area contributed by atoms with E-state index >= 15 is 0 Å². The molecule has 0 aliphatic rings. The van der Waals surface area contributed by atoms with Gasteiger partial charge in [0.1, 0.15) is 5.75 Å². The number of rotatable bonds is 6. The maximum atomic E-state index is 12.4. The van der Waals surface area contributed by atoms with E-state index in [-0.39, 0.29) is 11.7 Å². The number of phenols is 1. The maximum absolute atomic E-state index is 12.4. The van der Waals surface area contributed by atoms with E-state index in [2.05, 4.69) is 16.7 Å². The van der Waals surface area contributed by atoms with E-state index in [1.807, 2.05) is 31.2 Å². The fourth-order valence-electron chi connectivity index (χ4n) is 2.99. The average Bonchev–Trinajstić information content (AvgIpc) is 2.87. The lowest BCUT2D eigenvalue weighted by Crippen LogP contribution is -2.08. The molecule has 2 aromatic carbocycles. The number of aromatic nitrogens is 1. The molecular weight excluding hydrogens is 334 g/mol. The summed E-state index contributed by atoms with van der Waals surface area (Å²) in [4.78, 5) is 13.6. The Kier molecular flexibility index (Phi) is 5.34. The first-order valence-corrected chi connectivity index (χ1v) is 9.27. The monoisotopic (exact) mass is 355 g/mol. The van der Waals surface area contributed by atoms with Gasteiger partial charge in [-0.2, -0.15) is 0 Å². The van der Waals surface area contributed by atoms with Crippen molar-refractivity contribution < 1.29 is 14.6 Å². The third-order valence-corrected chi connectivity index (χ3v) is 5.11. The van der Waals surface area contributed by atoms with Gasteiger partial charge in [-0.1, -0.05) is 18.2 Å². The van der Waals surface area contributed by atoms with Crippen molar-refractivity contribution in [1.29, 1.82) is 0 Å². The van der Waals surface area contributed by atoms with Crippen LogP contribution in [0.3, 0.4) is 0 Å². The highest BCUT2D eigenvalue weighted by atomic mass is 32.2. The van der Waals surface area contributed by atoms with Gasteiger partial charge in [0.15, 0.2) is 0 Å².